The van der Waals surface area contributed by atoms with Crippen LogP contribution in [0.5, 0.6) is 0 Å². The Morgan fingerprint density at radius 1 is 1.36 bits per heavy atom. The Bertz CT molecular complexity index is 290. The first-order chi connectivity index (χ1) is 6.86. The Balaban J connectivity index is 1.88. The normalized spacial score (nSPS) is 17.4. The maximum Gasteiger partial charge on any atom is 0.126 e. The predicted octanol–water partition coefficient (Wildman–Crippen LogP) is 2.79. The zero-order valence-electron chi connectivity index (χ0n) is 8.58. The summed E-state index contributed by atoms with van der Waals surface area (Å²) in [7, 11) is 0. The number of hydrogen-bond donors (Lipinski definition) is 1. The highest BCUT2D eigenvalue weighted by atomic mass is 14.8. The molecule has 1 aromatic rings. The lowest BCUT2D eigenvalue weighted by atomic mass is 9.99. The van der Waals surface area contributed by atoms with Crippen molar-refractivity contribution in [1.29, 1.82) is 0 Å². The summed E-state index contributed by atoms with van der Waals surface area (Å²) in [4.78, 5) is 4.10. The molecule has 0 aromatic carbocycles. The van der Waals surface area contributed by atoms with Crippen molar-refractivity contribution in [2.75, 3.05) is 5.73 Å². The molecule has 1 fully saturated rings. The summed E-state index contributed by atoms with van der Waals surface area (Å²) >= 11 is 0. The highest BCUT2D eigenvalue weighted by molar-refractivity contribution is 5.38. The van der Waals surface area contributed by atoms with Crippen LogP contribution in [0.15, 0.2) is 18.3 Å². The van der Waals surface area contributed by atoms with Gasteiger partial charge in [0.15, 0.2) is 0 Å². The van der Waals surface area contributed by atoms with Crippen LogP contribution in [0.2, 0.25) is 0 Å². The van der Waals surface area contributed by atoms with E-state index in [1.165, 1.54) is 37.7 Å². The van der Waals surface area contributed by atoms with E-state index in [-0.39, 0.29) is 0 Å². The van der Waals surface area contributed by atoms with Crippen LogP contribution in [0.4, 0.5) is 5.82 Å². The van der Waals surface area contributed by atoms with Gasteiger partial charge in [-0.3, -0.25) is 0 Å². The Morgan fingerprint density at radius 3 is 2.86 bits per heavy atom. The van der Waals surface area contributed by atoms with E-state index in [2.05, 4.69) is 11.1 Å². The molecule has 1 aromatic heterocycles. The molecule has 1 aliphatic carbocycles. The van der Waals surface area contributed by atoms with Crippen LogP contribution in [-0.2, 0) is 6.42 Å². The molecule has 76 valence electrons. The molecular formula is C12H18N2. The second-order valence-corrected chi connectivity index (χ2v) is 4.24. The zero-order valence-corrected chi connectivity index (χ0v) is 8.58. The third-order valence-corrected chi connectivity index (χ3v) is 3.22. The topological polar surface area (TPSA) is 38.9 Å². The van der Waals surface area contributed by atoms with Crippen LogP contribution in [0, 0.1) is 5.92 Å². The number of aromatic nitrogens is 1. The molecule has 0 spiro atoms. The largest absolute Gasteiger partial charge is 0.383 e. The molecule has 0 atom stereocenters. The van der Waals surface area contributed by atoms with Gasteiger partial charge in [0.25, 0.3) is 0 Å². The first-order valence-corrected chi connectivity index (χ1v) is 5.55. The summed E-state index contributed by atoms with van der Waals surface area (Å²) in [5.74, 6) is 1.65. The van der Waals surface area contributed by atoms with Gasteiger partial charge < -0.3 is 5.73 Å². The fourth-order valence-electron chi connectivity index (χ4n) is 2.32. The number of anilines is 1. The number of nitrogens with two attached hydrogens (primary N) is 1. The highest BCUT2D eigenvalue weighted by Crippen LogP contribution is 2.29. The maximum absolute atomic E-state index is 5.79. The molecule has 0 saturated heterocycles. The molecule has 14 heavy (non-hydrogen) atoms. The molecule has 1 aliphatic rings. The van der Waals surface area contributed by atoms with E-state index in [1.807, 2.05) is 6.07 Å². The quantitative estimate of drug-likeness (QED) is 0.796. The fourth-order valence-corrected chi connectivity index (χ4v) is 2.32. The van der Waals surface area contributed by atoms with Gasteiger partial charge in [-0.2, -0.15) is 0 Å². The third kappa shape index (κ3) is 2.25. The van der Waals surface area contributed by atoms with Crippen LogP contribution in [0.25, 0.3) is 0 Å². The van der Waals surface area contributed by atoms with Gasteiger partial charge in [0.05, 0.1) is 0 Å². The summed E-state index contributed by atoms with van der Waals surface area (Å²) in [6, 6.07) is 4.07. The monoisotopic (exact) mass is 190 g/mol. The van der Waals surface area contributed by atoms with Crippen molar-refractivity contribution in [3.8, 4) is 0 Å². The highest BCUT2D eigenvalue weighted by Gasteiger charge is 2.14. The van der Waals surface area contributed by atoms with E-state index < -0.39 is 0 Å². The summed E-state index contributed by atoms with van der Waals surface area (Å²) in [5, 5.41) is 0. The lowest BCUT2D eigenvalue weighted by Gasteiger charge is -2.09. The molecule has 1 heterocycles. The van der Waals surface area contributed by atoms with Gasteiger partial charge in [-0.15, -0.1) is 0 Å². The molecule has 1 saturated carbocycles. The average Bonchev–Trinajstić information content (AvgIpc) is 2.69. The molecule has 0 amide bonds. The van der Waals surface area contributed by atoms with Gasteiger partial charge in [0.1, 0.15) is 5.82 Å². The molecule has 2 nitrogen and oxygen atoms in total. The molecule has 0 bridgehead atoms. The van der Waals surface area contributed by atoms with Gasteiger partial charge >= 0.3 is 0 Å². The lowest BCUT2D eigenvalue weighted by molar-refractivity contribution is 0.504. The van der Waals surface area contributed by atoms with Crippen molar-refractivity contribution in [3.63, 3.8) is 0 Å². The minimum atomic E-state index is 0.713. The Morgan fingerprint density at radius 2 is 2.14 bits per heavy atom. The molecule has 2 N–H and O–H groups in total. The van der Waals surface area contributed by atoms with Gasteiger partial charge in [0, 0.05) is 6.20 Å². The number of nitrogens with zero attached hydrogens (tertiary/aromatic N) is 1. The van der Waals surface area contributed by atoms with Gasteiger partial charge in [-0.05, 0) is 30.4 Å². The van der Waals surface area contributed by atoms with Crippen molar-refractivity contribution >= 4 is 5.82 Å². The number of pyridine rings is 1. The van der Waals surface area contributed by atoms with Crippen molar-refractivity contribution in [3.05, 3.63) is 23.9 Å². The summed E-state index contributed by atoms with van der Waals surface area (Å²) in [6.45, 7) is 0. The van der Waals surface area contributed by atoms with Crippen LogP contribution in [-0.4, -0.2) is 4.98 Å². The number of nitrogen functional groups attached to an aromatic ring is 1. The SMILES string of the molecule is Nc1ncccc1CCC1CCCC1. The van der Waals surface area contributed by atoms with E-state index in [9.17, 15) is 0 Å². The van der Waals surface area contributed by atoms with Crippen LogP contribution < -0.4 is 5.73 Å². The Labute approximate surface area is 85.5 Å². The molecule has 2 heteroatoms. The first-order valence-electron chi connectivity index (χ1n) is 5.55. The van der Waals surface area contributed by atoms with Crippen molar-refractivity contribution in [1.82, 2.24) is 4.98 Å². The van der Waals surface area contributed by atoms with Crippen molar-refractivity contribution < 1.29 is 0 Å². The molecule has 0 unspecified atom stereocenters. The Hall–Kier alpha value is -1.05. The van der Waals surface area contributed by atoms with Gasteiger partial charge in [0.2, 0.25) is 0 Å². The summed E-state index contributed by atoms with van der Waals surface area (Å²) < 4.78 is 0. The summed E-state index contributed by atoms with van der Waals surface area (Å²) in [5.41, 5.74) is 7.02. The van der Waals surface area contributed by atoms with Gasteiger partial charge in [-0.1, -0.05) is 31.7 Å². The third-order valence-electron chi connectivity index (χ3n) is 3.22. The number of rotatable bonds is 3. The second kappa shape index (κ2) is 4.45. The molecule has 0 aliphatic heterocycles. The predicted molar refractivity (Wildman–Crippen MR) is 58.9 cm³/mol. The van der Waals surface area contributed by atoms with Crippen LogP contribution >= 0.6 is 0 Å². The second-order valence-electron chi connectivity index (χ2n) is 4.24. The maximum atomic E-state index is 5.79. The Kier molecular flexibility index (Phi) is 3.02. The van der Waals surface area contributed by atoms with Crippen molar-refractivity contribution in [2.24, 2.45) is 5.92 Å². The standard InChI is InChI=1S/C12H18N2/c13-12-11(6-3-9-14-12)8-7-10-4-1-2-5-10/h3,6,9-10H,1-2,4-5,7-8H2,(H2,13,14). The van der Waals surface area contributed by atoms with E-state index in [0.717, 1.165) is 12.3 Å². The number of hydrogen-bond acceptors (Lipinski definition) is 2. The lowest BCUT2D eigenvalue weighted by Crippen LogP contribution is -2.00. The van der Waals surface area contributed by atoms with E-state index in [4.69, 9.17) is 5.73 Å². The minimum absolute atomic E-state index is 0.713. The zero-order chi connectivity index (χ0) is 9.80. The van der Waals surface area contributed by atoms with Gasteiger partial charge in [-0.25, -0.2) is 4.98 Å². The molecule has 0 radical (unpaired) electrons. The van der Waals surface area contributed by atoms with E-state index >= 15 is 0 Å². The minimum Gasteiger partial charge on any atom is -0.383 e. The summed E-state index contributed by atoms with van der Waals surface area (Å²) in [6.07, 6.45) is 9.83. The number of aryl methyl sites for hydroxylation is 1. The van der Waals surface area contributed by atoms with Crippen LogP contribution in [0.1, 0.15) is 37.7 Å². The first kappa shape index (κ1) is 9.50. The van der Waals surface area contributed by atoms with E-state index in [1.54, 1.807) is 6.20 Å². The fraction of sp³-hybridized carbons (Fsp3) is 0.583. The van der Waals surface area contributed by atoms with Crippen LogP contribution in [0.3, 0.4) is 0 Å². The smallest absolute Gasteiger partial charge is 0.126 e. The molecule has 2 rings (SSSR count). The molecular weight excluding hydrogens is 172 g/mol. The average molecular weight is 190 g/mol. The van der Waals surface area contributed by atoms with E-state index in [0.29, 0.717) is 5.82 Å². The van der Waals surface area contributed by atoms with Crippen molar-refractivity contribution in [2.45, 2.75) is 38.5 Å².